The lowest BCUT2D eigenvalue weighted by atomic mass is 9.82. The fourth-order valence-corrected chi connectivity index (χ4v) is 15.5. The van der Waals surface area contributed by atoms with E-state index in [4.69, 9.17) is 0 Å². The predicted molar refractivity (Wildman–Crippen MR) is 320 cm³/mol. The monoisotopic (exact) mass is 1020 g/mol. The summed E-state index contributed by atoms with van der Waals surface area (Å²) < 4.78 is 47.3. The van der Waals surface area contributed by atoms with Gasteiger partial charge in [0.1, 0.15) is 11.6 Å². The number of thiophene rings is 2. The van der Waals surface area contributed by atoms with Gasteiger partial charge in [0.15, 0.2) is 0 Å². The van der Waals surface area contributed by atoms with E-state index in [1.165, 1.54) is 20.2 Å². The molecule has 3 nitrogen and oxygen atoms in total. The van der Waals surface area contributed by atoms with Gasteiger partial charge in [-0.05, 0) is 68.4 Å². The molecule has 0 aliphatic heterocycles. The van der Waals surface area contributed by atoms with E-state index in [9.17, 15) is 0 Å². The highest BCUT2D eigenvalue weighted by Gasteiger charge is 2.39. The molecule has 0 saturated heterocycles. The molecule has 0 bridgehead atoms. The molecule has 5 heterocycles. The highest BCUT2D eigenvalue weighted by atomic mass is 32.1. The first-order chi connectivity index (χ1) is 37.3. The summed E-state index contributed by atoms with van der Waals surface area (Å²) in [5.74, 6) is -0.735. The standard InChI is InChI=1S/C69H43F2N3S2/c1-69(2,74-58-31-15-7-21-42(58)43-22-8-16-32-59(43)74)62-63(72-56-29-13-5-23-44(56)48-35-37-50-46-25-9-17-33-60(46)75-67(50)65(48)72)52(40-19-3-11-27-54(40)70)39-53(41-20-4-12-28-55(41)71)64(62)73-57-30-14-6-24-45(57)49-36-38-51-47-26-10-18-34-61(47)76-68(51)66(49)73/h3-39H,1-2H3. The van der Waals surface area contributed by atoms with Crippen LogP contribution < -0.4 is 0 Å². The summed E-state index contributed by atoms with van der Waals surface area (Å²) in [5.41, 5.74) is 9.84. The Balaban J connectivity index is 1.24. The minimum Gasteiger partial charge on any atom is -0.330 e. The van der Waals surface area contributed by atoms with Gasteiger partial charge in [-0.1, -0.05) is 170 Å². The number of hydrogen-bond acceptors (Lipinski definition) is 2. The highest BCUT2D eigenvalue weighted by Crippen LogP contribution is 2.54. The van der Waals surface area contributed by atoms with Gasteiger partial charge in [-0.25, -0.2) is 8.78 Å². The maximum atomic E-state index is 17.6. The molecule has 16 aromatic rings. The zero-order valence-corrected chi connectivity index (χ0v) is 42.9. The molecule has 11 aromatic carbocycles. The lowest BCUT2D eigenvalue weighted by Gasteiger charge is -2.37. The molecular formula is C69H43F2N3S2. The van der Waals surface area contributed by atoms with Crippen LogP contribution in [0.15, 0.2) is 224 Å². The second-order valence-electron chi connectivity index (χ2n) is 20.5. The lowest BCUT2D eigenvalue weighted by Crippen LogP contribution is -2.31. The fraction of sp³-hybridized carbons (Fsp3) is 0.0435. The fourth-order valence-electron chi connectivity index (χ4n) is 13.0. The summed E-state index contributed by atoms with van der Waals surface area (Å²) in [6, 6.07) is 77.3. The SMILES string of the molecule is CC(C)(c1c(-n2c3ccccc3c3ccc4c5ccccc5sc4c32)c(-c2ccccc2F)cc(-c2ccccc2F)c1-n1c2ccccc2c2ccc3c4ccccc4sc3c21)n1c2ccccc2c2ccccc21. The highest BCUT2D eigenvalue weighted by molar-refractivity contribution is 7.27. The first-order valence-corrected chi connectivity index (χ1v) is 27.4. The Labute approximate surface area is 442 Å². The molecule has 0 spiro atoms. The van der Waals surface area contributed by atoms with Crippen molar-refractivity contribution in [3.63, 3.8) is 0 Å². The largest absolute Gasteiger partial charge is 0.330 e. The number of benzene rings is 11. The van der Waals surface area contributed by atoms with E-state index in [-0.39, 0.29) is 11.6 Å². The molecule has 0 saturated carbocycles. The number of halogens is 2. The summed E-state index contributed by atoms with van der Waals surface area (Å²) in [6.45, 7) is 4.63. The minimum absolute atomic E-state index is 0.367. The molecule has 0 atom stereocenters. The van der Waals surface area contributed by atoms with Gasteiger partial charge >= 0.3 is 0 Å². The van der Waals surface area contributed by atoms with Crippen LogP contribution >= 0.6 is 22.7 Å². The summed E-state index contributed by atoms with van der Waals surface area (Å²) >= 11 is 3.58. The van der Waals surface area contributed by atoms with E-state index >= 15 is 8.78 Å². The van der Waals surface area contributed by atoms with E-state index < -0.39 is 5.54 Å². The van der Waals surface area contributed by atoms with Crippen LogP contribution in [-0.4, -0.2) is 13.7 Å². The Morgan fingerprint density at radius 1 is 0.329 bits per heavy atom. The maximum Gasteiger partial charge on any atom is 0.131 e. The molecule has 0 unspecified atom stereocenters. The quantitative estimate of drug-likeness (QED) is 0.158. The Hall–Kier alpha value is -8.88. The maximum absolute atomic E-state index is 17.6. The molecule has 0 fully saturated rings. The Bertz CT molecular complexity index is 4830. The zero-order chi connectivity index (χ0) is 50.6. The molecule has 7 heteroatoms. The van der Waals surface area contributed by atoms with Gasteiger partial charge in [0, 0.05) is 102 Å². The molecule has 0 aliphatic carbocycles. The second kappa shape index (κ2) is 16.1. The van der Waals surface area contributed by atoms with Gasteiger partial charge in [-0.15, -0.1) is 22.7 Å². The van der Waals surface area contributed by atoms with Gasteiger partial charge in [-0.2, -0.15) is 0 Å². The van der Waals surface area contributed by atoms with Gasteiger partial charge in [-0.3, -0.25) is 0 Å². The van der Waals surface area contributed by atoms with Gasteiger partial charge < -0.3 is 13.7 Å². The molecule has 76 heavy (non-hydrogen) atoms. The average Bonchev–Trinajstić information content (AvgIpc) is 4.27. The van der Waals surface area contributed by atoms with Crippen molar-refractivity contribution in [1.82, 2.24) is 13.7 Å². The third-order valence-corrected chi connectivity index (χ3v) is 18.5. The molecule has 0 radical (unpaired) electrons. The number of hydrogen-bond donors (Lipinski definition) is 0. The Morgan fingerprint density at radius 2 is 0.671 bits per heavy atom. The third-order valence-electron chi connectivity index (χ3n) is 16.2. The van der Waals surface area contributed by atoms with Crippen molar-refractivity contribution in [2.45, 2.75) is 19.4 Å². The van der Waals surface area contributed by atoms with Gasteiger partial charge in [0.25, 0.3) is 0 Å². The molecule has 5 aromatic heterocycles. The van der Waals surface area contributed by atoms with Crippen molar-refractivity contribution in [2.24, 2.45) is 0 Å². The van der Waals surface area contributed by atoms with E-state index in [0.717, 1.165) is 103 Å². The number of para-hydroxylation sites is 4. The lowest BCUT2D eigenvalue weighted by molar-refractivity contribution is 0.462. The van der Waals surface area contributed by atoms with Crippen LogP contribution in [0.2, 0.25) is 0 Å². The molecule has 0 N–H and O–H groups in total. The second-order valence-corrected chi connectivity index (χ2v) is 22.6. The van der Waals surface area contributed by atoms with Gasteiger partial charge in [0.05, 0.1) is 48.4 Å². The van der Waals surface area contributed by atoms with E-state index in [2.05, 4.69) is 203 Å². The topological polar surface area (TPSA) is 14.8 Å². The Morgan fingerprint density at radius 3 is 1.11 bits per heavy atom. The van der Waals surface area contributed by atoms with Crippen LogP contribution in [0, 0.1) is 11.6 Å². The summed E-state index contributed by atoms with van der Waals surface area (Å²) in [5, 5.41) is 11.3. The zero-order valence-electron chi connectivity index (χ0n) is 41.3. The normalized spacial score (nSPS) is 12.5. The van der Waals surface area contributed by atoms with Gasteiger partial charge in [0.2, 0.25) is 0 Å². The third kappa shape index (κ3) is 5.89. The smallest absolute Gasteiger partial charge is 0.131 e. The van der Waals surface area contributed by atoms with Crippen molar-refractivity contribution in [3.05, 3.63) is 242 Å². The molecule has 360 valence electrons. The van der Waals surface area contributed by atoms with Crippen LogP contribution in [0.1, 0.15) is 19.4 Å². The van der Waals surface area contributed by atoms with Crippen LogP contribution in [0.25, 0.3) is 139 Å². The van der Waals surface area contributed by atoms with E-state index in [1.54, 1.807) is 46.9 Å². The average molecular weight is 1020 g/mol. The summed E-state index contributed by atoms with van der Waals surface area (Å²) in [6.07, 6.45) is 0. The van der Waals surface area contributed by atoms with Crippen LogP contribution in [0.4, 0.5) is 8.78 Å². The molecule has 16 rings (SSSR count). The van der Waals surface area contributed by atoms with Crippen molar-refractivity contribution < 1.29 is 8.78 Å². The van der Waals surface area contributed by atoms with Crippen molar-refractivity contribution in [1.29, 1.82) is 0 Å². The number of rotatable bonds is 6. The van der Waals surface area contributed by atoms with E-state index in [1.807, 2.05) is 24.3 Å². The molecule has 0 amide bonds. The van der Waals surface area contributed by atoms with Crippen molar-refractivity contribution >= 4 is 128 Å². The Kier molecular flexibility index (Phi) is 9.20. The molecule has 0 aliphatic rings. The molecular weight excluding hydrogens is 973 g/mol. The van der Waals surface area contributed by atoms with Crippen molar-refractivity contribution in [3.8, 4) is 33.6 Å². The van der Waals surface area contributed by atoms with Crippen LogP contribution in [-0.2, 0) is 5.54 Å². The summed E-state index contributed by atoms with van der Waals surface area (Å²) in [7, 11) is 0. The summed E-state index contributed by atoms with van der Waals surface area (Å²) in [4.78, 5) is 0. The first-order valence-electron chi connectivity index (χ1n) is 25.7. The number of fused-ring (bicyclic) bond motifs is 17. The van der Waals surface area contributed by atoms with E-state index in [0.29, 0.717) is 22.3 Å². The minimum atomic E-state index is -0.994. The predicted octanol–water partition coefficient (Wildman–Crippen LogP) is 20.1. The van der Waals surface area contributed by atoms with Crippen molar-refractivity contribution in [2.75, 3.05) is 0 Å². The van der Waals surface area contributed by atoms with Crippen LogP contribution in [0.5, 0.6) is 0 Å². The number of nitrogens with zero attached hydrogens (tertiary/aromatic N) is 3. The number of aromatic nitrogens is 3. The van der Waals surface area contributed by atoms with Crippen LogP contribution in [0.3, 0.4) is 0 Å². The first kappa shape index (κ1) is 43.5.